The summed E-state index contributed by atoms with van der Waals surface area (Å²) >= 11 is 5.75. The average Bonchev–Trinajstić information content (AvgIpc) is 2.62. The van der Waals surface area contributed by atoms with Gasteiger partial charge in [0.15, 0.2) is 12.4 Å². The molecule has 6 nitrogen and oxygen atoms in total. The topological polar surface area (TPSA) is 89.5 Å². The van der Waals surface area contributed by atoms with E-state index in [2.05, 4.69) is 4.72 Å². The maximum Gasteiger partial charge on any atom is 0.307 e. The van der Waals surface area contributed by atoms with Crippen LogP contribution in [0.15, 0.2) is 47.4 Å². The van der Waals surface area contributed by atoms with Gasteiger partial charge in [0.1, 0.15) is 0 Å². The van der Waals surface area contributed by atoms with Gasteiger partial charge in [0.25, 0.3) is 0 Å². The van der Waals surface area contributed by atoms with Crippen LogP contribution in [0.2, 0.25) is 5.02 Å². The number of ether oxygens (including phenoxy) is 1. The third-order valence-electron chi connectivity index (χ3n) is 3.78. The van der Waals surface area contributed by atoms with E-state index in [9.17, 15) is 18.0 Å². The van der Waals surface area contributed by atoms with Gasteiger partial charge in [-0.05, 0) is 55.3 Å². The Labute approximate surface area is 163 Å². The number of hydrogen-bond donors (Lipinski definition) is 1. The molecule has 0 spiro atoms. The standard InChI is InChI=1S/C19H20ClNO5S/c1-13-3-4-14(2)18(11-13)27(24,25)21-10-9-19(23)26-12-17(22)15-5-7-16(20)8-6-15/h3-8,11,21H,9-10,12H2,1-2H3. The molecular weight excluding hydrogens is 390 g/mol. The van der Waals surface area contributed by atoms with Crippen LogP contribution in [0.25, 0.3) is 0 Å². The van der Waals surface area contributed by atoms with E-state index < -0.39 is 22.6 Å². The highest BCUT2D eigenvalue weighted by atomic mass is 35.5. The quantitative estimate of drug-likeness (QED) is 0.534. The second-order valence-corrected chi connectivity index (χ2v) is 8.18. The van der Waals surface area contributed by atoms with E-state index in [-0.39, 0.29) is 23.6 Å². The summed E-state index contributed by atoms with van der Waals surface area (Å²) in [5.41, 5.74) is 1.81. The molecule has 0 aliphatic rings. The molecule has 1 N–H and O–H groups in total. The Hall–Kier alpha value is -2.22. The summed E-state index contributed by atoms with van der Waals surface area (Å²) in [6.45, 7) is 2.96. The van der Waals surface area contributed by atoms with E-state index in [0.29, 0.717) is 16.1 Å². The number of carbonyl (C=O) groups is 2. The molecule has 0 aromatic heterocycles. The fourth-order valence-electron chi connectivity index (χ4n) is 2.30. The molecule has 2 aromatic rings. The van der Waals surface area contributed by atoms with E-state index >= 15 is 0 Å². The summed E-state index contributed by atoms with van der Waals surface area (Å²) in [6.07, 6.45) is -0.183. The van der Waals surface area contributed by atoms with Gasteiger partial charge in [-0.25, -0.2) is 13.1 Å². The van der Waals surface area contributed by atoms with Crippen molar-refractivity contribution in [2.24, 2.45) is 0 Å². The number of carbonyl (C=O) groups excluding carboxylic acids is 2. The SMILES string of the molecule is Cc1ccc(C)c(S(=O)(=O)NCCC(=O)OCC(=O)c2ccc(Cl)cc2)c1. The largest absolute Gasteiger partial charge is 0.457 e. The molecular formula is C19H20ClNO5S. The second-order valence-electron chi connectivity index (χ2n) is 6.01. The monoisotopic (exact) mass is 409 g/mol. The lowest BCUT2D eigenvalue weighted by molar-refractivity contribution is -0.142. The molecule has 0 fully saturated rings. The molecule has 0 unspecified atom stereocenters. The lowest BCUT2D eigenvalue weighted by atomic mass is 10.1. The number of esters is 1. The van der Waals surface area contributed by atoms with E-state index in [4.69, 9.17) is 16.3 Å². The van der Waals surface area contributed by atoms with Crippen molar-refractivity contribution in [3.8, 4) is 0 Å². The number of aryl methyl sites for hydroxylation is 2. The Bertz CT molecular complexity index is 939. The van der Waals surface area contributed by atoms with Gasteiger partial charge in [0.2, 0.25) is 10.0 Å². The van der Waals surface area contributed by atoms with Crippen molar-refractivity contribution >= 4 is 33.4 Å². The minimum Gasteiger partial charge on any atom is -0.457 e. The lowest BCUT2D eigenvalue weighted by Gasteiger charge is -2.10. The molecule has 0 heterocycles. The van der Waals surface area contributed by atoms with Gasteiger partial charge < -0.3 is 4.74 Å². The van der Waals surface area contributed by atoms with Crippen LogP contribution >= 0.6 is 11.6 Å². The van der Waals surface area contributed by atoms with Crippen LogP contribution in [-0.2, 0) is 19.6 Å². The first kappa shape index (κ1) is 21.1. The number of halogens is 1. The summed E-state index contributed by atoms with van der Waals surface area (Å²) < 4.78 is 31.9. The Kier molecular flexibility index (Phi) is 7.12. The predicted molar refractivity (Wildman–Crippen MR) is 102 cm³/mol. The Balaban J connectivity index is 1.82. The lowest BCUT2D eigenvalue weighted by Crippen LogP contribution is -2.28. The predicted octanol–water partition coefficient (Wildman–Crippen LogP) is 3.05. The second kappa shape index (κ2) is 9.12. The first-order valence-corrected chi connectivity index (χ1v) is 10.1. The van der Waals surface area contributed by atoms with Crippen molar-refractivity contribution < 1.29 is 22.7 Å². The van der Waals surface area contributed by atoms with E-state index in [1.807, 2.05) is 6.07 Å². The van der Waals surface area contributed by atoms with E-state index in [1.54, 1.807) is 38.1 Å². The van der Waals surface area contributed by atoms with Crippen molar-refractivity contribution in [3.05, 3.63) is 64.2 Å². The molecule has 0 saturated carbocycles. The van der Waals surface area contributed by atoms with Gasteiger partial charge >= 0.3 is 5.97 Å². The molecule has 2 rings (SSSR count). The average molecular weight is 410 g/mol. The normalized spacial score (nSPS) is 11.2. The number of nitrogens with one attached hydrogen (secondary N) is 1. The molecule has 0 aliphatic carbocycles. The smallest absolute Gasteiger partial charge is 0.307 e. The van der Waals surface area contributed by atoms with Crippen LogP contribution in [0.1, 0.15) is 27.9 Å². The van der Waals surface area contributed by atoms with Gasteiger partial charge in [-0.1, -0.05) is 23.7 Å². The molecule has 0 saturated heterocycles. The van der Waals surface area contributed by atoms with Crippen molar-refractivity contribution in [3.63, 3.8) is 0 Å². The van der Waals surface area contributed by atoms with Gasteiger partial charge in [0, 0.05) is 17.1 Å². The first-order valence-electron chi connectivity index (χ1n) is 8.20. The van der Waals surface area contributed by atoms with E-state index in [1.165, 1.54) is 12.1 Å². The molecule has 2 aromatic carbocycles. The van der Waals surface area contributed by atoms with Gasteiger partial charge in [0.05, 0.1) is 11.3 Å². The van der Waals surface area contributed by atoms with Crippen LogP contribution in [0.4, 0.5) is 0 Å². The molecule has 8 heteroatoms. The third kappa shape index (κ3) is 6.16. The van der Waals surface area contributed by atoms with Crippen LogP contribution in [0.5, 0.6) is 0 Å². The maximum absolute atomic E-state index is 12.3. The first-order chi connectivity index (χ1) is 12.7. The highest BCUT2D eigenvalue weighted by Gasteiger charge is 2.17. The minimum absolute atomic E-state index is 0.121. The van der Waals surface area contributed by atoms with Crippen LogP contribution < -0.4 is 4.72 Å². The van der Waals surface area contributed by atoms with Gasteiger partial charge in [-0.3, -0.25) is 9.59 Å². The maximum atomic E-state index is 12.3. The molecule has 0 bridgehead atoms. The third-order valence-corrected chi connectivity index (χ3v) is 5.64. The Morgan fingerprint density at radius 3 is 2.41 bits per heavy atom. The number of hydrogen-bond acceptors (Lipinski definition) is 5. The highest BCUT2D eigenvalue weighted by molar-refractivity contribution is 7.89. The fraction of sp³-hybridized carbons (Fsp3) is 0.263. The Morgan fingerprint density at radius 2 is 1.74 bits per heavy atom. The van der Waals surface area contributed by atoms with Crippen molar-refractivity contribution in [1.29, 1.82) is 0 Å². The summed E-state index contributed by atoms with van der Waals surface area (Å²) in [6, 6.07) is 11.3. The number of rotatable bonds is 8. The molecule has 144 valence electrons. The number of ketones is 1. The summed E-state index contributed by atoms with van der Waals surface area (Å²) in [5, 5.41) is 0.500. The van der Waals surface area contributed by atoms with Crippen molar-refractivity contribution in [1.82, 2.24) is 4.72 Å². The zero-order valence-electron chi connectivity index (χ0n) is 15.0. The summed E-state index contributed by atoms with van der Waals surface area (Å²) in [7, 11) is -3.72. The number of sulfonamides is 1. The molecule has 0 radical (unpaired) electrons. The van der Waals surface area contributed by atoms with Crippen LogP contribution in [0.3, 0.4) is 0 Å². The molecule has 0 atom stereocenters. The zero-order chi connectivity index (χ0) is 20.0. The summed E-state index contributed by atoms with van der Waals surface area (Å²) in [4.78, 5) is 23.8. The van der Waals surface area contributed by atoms with Gasteiger partial charge in [-0.2, -0.15) is 0 Å². The summed E-state index contributed by atoms with van der Waals surface area (Å²) in [5.74, 6) is -1.03. The molecule has 0 amide bonds. The number of Topliss-reactive ketones (excluding diaryl/α,β-unsaturated/α-hetero) is 1. The zero-order valence-corrected chi connectivity index (χ0v) is 16.6. The van der Waals surface area contributed by atoms with E-state index in [0.717, 1.165) is 5.56 Å². The van der Waals surface area contributed by atoms with Crippen molar-refractivity contribution in [2.75, 3.05) is 13.2 Å². The molecule has 27 heavy (non-hydrogen) atoms. The highest BCUT2D eigenvalue weighted by Crippen LogP contribution is 2.16. The minimum atomic E-state index is -3.72. The Morgan fingerprint density at radius 1 is 1.07 bits per heavy atom. The fourth-order valence-corrected chi connectivity index (χ4v) is 3.78. The van der Waals surface area contributed by atoms with Crippen LogP contribution in [-0.4, -0.2) is 33.3 Å². The van der Waals surface area contributed by atoms with Crippen molar-refractivity contribution in [2.45, 2.75) is 25.2 Å². The molecule has 0 aliphatic heterocycles. The van der Waals surface area contributed by atoms with Gasteiger partial charge in [-0.15, -0.1) is 0 Å². The van der Waals surface area contributed by atoms with Crippen LogP contribution in [0, 0.1) is 13.8 Å². The number of benzene rings is 2.